The van der Waals surface area contributed by atoms with Gasteiger partial charge in [0.15, 0.2) is 0 Å². The number of aliphatic carboxylic acids is 1. The van der Waals surface area contributed by atoms with E-state index in [2.05, 4.69) is 36.6 Å². The molecule has 0 bridgehead atoms. The van der Waals surface area contributed by atoms with E-state index in [0.717, 1.165) is 57.8 Å². The highest BCUT2D eigenvalue weighted by Gasteiger charge is 2.19. The molecule has 0 saturated heterocycles. The average molecular weight is 737 g/mol. The number of carbonyl (C=O) groups is 4. The van der Waals surface area contributed by atoms with Gasteiger partial charge in [-0.1, -0.05) is 148 Å². The highest BCUT2D eigenvalue weighted by atomic mass is 16.5. The Morgan fingerprint density at radius 3 is 1.44 bits per heavy atom. The minimum atomic E-state index is -1.38. The maximum atomic E-state index is 12.7. The first-order valence-corrected chi connectivity index (χ1v) is 21.6. The maximum absolute atomic E-state index is 12.7. The maximum Gasteiger partial charge on any atom is 0.328 e. The van der Waals surface area contributed by atoms with Crippen molar-refractivity contribution in [1.82, 2.24) is 10.6 Å². The molecule has 52 heavy (non-hydrogen) atoms. The molecule has 9 nitrogen and oxygen atoms in total. The molecule has 0 spiro atoms. The summed E-state index contributed by atoms with van der Waals surface area (Å²) >= 11 is 0. The minimum absolute atomic E-state index is 0.00763. The fourth-order valence-electron chi connectivity index (χ4n) is 6.42. The molecule has 0 aromatic carbocycles. The van der Waals surface area contributed by atoms with E-state index in [0.29, 0.717) is 19.3 Å². The molecule has 0 aromatic rings. The summed E-state index contributed by atoms with van der Waals surface area (Å²) in [5.41, 5.74) is 0. The first-order chi connectivity index (χ1) is 25.3. The van der Waals surface area contributed by atoms with Gasteiger partial charge in [0.1, 0.15) is 12.1 Å². The Labute approximate surface area is 318 Å². The van der Waals surface area contributed by atoms with E-state index >= 15 is 0 Å². The zero-order valence-corrected chi connectivity index (χ0v) is 33.6. The SMILES string of the molecule is CCCCCCCCC/C=C\CCCCCCCCCC(=O)OC(CCCCCCCC)CCCCCCCC(=O)NCC(=O)NC(CO)C(=O)O. The molecule has 0 aromatic heterocycles. The van der Waals surface area contributed by atoms with Crippen molar-refractivity contribution >= 4 is 23.8 Å². The van der Waals surface area contributed by atoms with Crippen LogP contribution in [0.4, 0.5) is 0 Å². The van der Waals surface area contributed by atoms with Crippen molar-refractivity contribution in [2.75, 3.05) is 13.2 Å². The van der Waals surface area contributed by atoms with Crippen LogP contribution in [-0.4, -0.2) is 59.3 Å². The lowest BCUT2D eigenvalue weighted by Gasteiger charge is -2.18. The summed E-state index contributed by atoms with van der Waals surface area (Å²) in [5.74, 6) is -2.29. The molecule has 0 saturated carbocycles. The largest absolute Gasteiger partial charge is 0.480 e. The van der Waals surface area contributed by atoms with Crippen molar-refractivity contribution in [1.29, 1.82) is 0 Å². The quantitative estimate of drug-likeness (QED) is 0.0279. The topological polar surface area (TPSA) is 142 Å². The van der Waals surface area contributed by atoms with Crippen molar-refractivity contribution in [2.45, 2.75) is 225 Å². The number of aliphatic hydroxyl groups is 1. The van der Waals surface area contributed by atoms with Gasteiger partial charge in [0.05, 0.1) is 13.2 Å². The van der Waals surface area contributed by atoms with Crippen LogP contribution in [0.5, 0.6) is 0 Å². The fraction of sp³-hybridized carbons (Fsp3) is 0.860. The number of esters is 1. The molecule has 0 fully saturated rings. The predicted molar refractivity (Wildman–Crippen MR) is 213 cm³/mol. The van der Waals surface area contributed by atoms with Crippen molar-refractivity contribution in [3.8, 4) is 0 Å². The molecular formula is C43H80N2O7. The van der Waals surface area contributed by atoms with E-state index in [1.807, 2.05) is 0 Å². The van der Waals surface area contributed by atoms with E-state index in [-0.39, 0.29) is 24.5 Å². The second kappa shape index (κ2) is 38.3. The number of hydrogen-bond acceptors (Lipinski definition) is 6. The van der Waals surface area contributed by atoms with Crippen LogP contribution in [0.3, 0.4) is 0 Å². The Hall–Kier alpha value is -2.42. The van der Waals surface area contributed by atoms with Crippen LogP contribution in [0.1, 0.15) is 213 Å². The van der Waals surface area contributed by atoms with E-state index in [9.17, 15) is 19.2 Å². The molecule has 0 rings (SSSR count). The minimum Gasteiger partial charge on any atom is -0.480 e. The summed E-state index contributed by atoms with van der Waals surface area (Å²) < 4.78 is 5.98. The fourth-order valence-corrected chi connectivity index (χ4v) is 6.42. The van der Waals surface area contributed by atoms with Crippen LogP contribution in [0.25, 0.3) is 0 Å². The number of amides is 2. The average Bonchev–Trinajstić information content (AvgIpc) is 3.13. The number of unbranched alkanes of at least 4 members (excludes halogenated alkanes) is 23. The second-order valence-corrected chi connectivity index (χ2v) is 14.8. The van der Waals surface area contributed by atoms with Gasteiger partial charge in [-0.3, -0.25) is 14.4 Å². The number of carboxylic acid groups (broad SMARTS) is 1. The lowest BCUT2D eigenvalue weighted by molar-refractivity contribution is -0.150. The van der Waals surface area contributed by atoms with E-state index in [1.54, 1.807) is 0 Å². The van der Waals surface area contributed by atoms with E-state index in [1.165, 1.54) is 122 Å². The Balaban J connectivity index is 4.06. The number of carbonyl (C=O) groups excluding carboxylic acids is 3. The molecular weight excluding hydrogens is 656 g/mol. The normalized spacial score (nSPS) is 12.5. The zero-order chi connectivity index (χ0) is 38.3. The first kappa shape index (κ1) is 49.6. The van der Waals surface area contributed by atoms with Gasteiger partial charge >= 0.3 is 11.9 Å². The molecule has 0 aliphatic heterocycles. The van der Waals surface area contributed by atoms with Crippen molar-refractivity contribution < 1.29 is 34.1 Å². The lowest BCUT2D eigenvalue weighted by Crippen LogP contribution is -2.47. The monoisotopic (exact) mass is 737 g/mol. The molecule has 9 heteroatoms. The number of aliphatic hydroxyl groups excluding tert-OH is 1. The Morgan fingerprint density at radius 2 is 0.981 bits per heavy atom. The summed E-state index contributed by atoms with van der Waals surface area (Å²) in [6.07, 6.45) is 39.7. The number of allylic oxidation sites excluding steroid dienone is 2. The van der Waals surface area contributed by atoms with Crippen molar-refractivity contribution in [3.63, 3.8) is 0 Å². The molecule has 0 radical (unpaired) electrons. The van der Waals surface area contributed by atoms with E-state index in [4.69, 9.17) is 14.9 Å². The number of carboxylic acids is 1. The third kappa shape index (κ3) is 34.7. The van der Waals surface area contributed by atoms with Gasteiger partial charge in [0, 0.05) is 12.8 Å². The van der Waals surface area contributed by atoms with E-state index < -0.39 is 24.5 Å². The van der Waals surface area contributed by atoms with Crippen LogP contribution < -0.4 is 10.6 Å². The first-order valence-electron chi connectivity index (χ1n) is 21.6. The molecule has 0 heterocycles. The molecule has 0 aliphatic carbocycles. The Morgan fingerprint density at radius 1 is 0.558 bits per heavy atom. The number of ether oxygens (including phenoxy) is 1. The standard InChI is InChI=1S/C43H80N2O7/c1-3-5-7-9-11-12-13-14-15-16-17-18-19-20-21-22-27-31-35-42(49)52-38(32-28-24-10-8-6-4-2)33-29-25-23-26-30-34-40(47)44-36-41(48)45-39(37-46)43(50)51/h15-16,38-39,46H,3-14,17-37H2,1-2H3,(H,44,47)(H,45,48)(H,50,51)/b16-15-. The number of hydrogen-bond donors (Lipinski definition) is 4. The van der Waals surface area contributed by atoms with Gasteiger partial charge in [-0.25, -0.2) is 4.79 Å². The summed E-state index contributed by atoms with van der Waals surface area (Å²) in [4.78, 5) is 47.4. The molecule has 304 valence electrons. The lowest BCUT2D eigenvalue weighted by atomic mass is 10.0. The molecule has 4 N–H and O–H groups in total. The molecule has 2 atom stereocenters. The predicted octanol–water partition coefficient (Wildman–Crippen LogP) is 10.3. The van der Waals surface area contributed by atoms with Gasteiger partial charge in [-0.15, -0.1) is 0 Å². The summed E-state index contributed by atoms with van der Waals surface area (Å²) in [7, 11) is 0. The van der Waals surface area contributed by atoms with Gasteiger partial charge < -0.3 is 25.6 Å². The molecule has 0 aliphatic rings. The third-order valence-corrected chi connectivity index (χ3v) is 9.76. The summed E-state index contributed by atoms with van der Waals surface area (Å²) in [5, 5.41) is 22.5. The Kier molecular flexibility index (Phi) is 36.5. The highest BCUT2D eigenvalue weighted by Crippen LogP contribution is 2.19. The van der Waals surface area contributed by atoms with Gasteiger partial charge in [0.25, 0.3) is 0 Å². The molecule has 2 unspecified atom stereocenters. The third-order valence-electron chi connectivity index (χ3n) is 9.76. The summed E-state index contributed by atoms with van der Waals surface area (Å²) in [6, 6.07) is -1.38. The zero-order valence-electron chi connectivity index (χ0n) is 33.6. The van der Waals surface area contributed by atoms with Crippen LogP contribution in [0.15, 0.2) is 12.2 Å². The second-order valence-electron chi connectivity index (χ2n) is 14.8. The highest BCUT2D eigenvalue weighted by molar-refractivity contribution is 5.87. The van der Waals surface area contributed by atoms with Crippen molar-refractivity contribution in [3.05, 3.63) is 12.2 Å². The van der Waals surface area contributed by atoms with Crippen LogP contribution in [0, 0.1) is 0 Å². The van der Waals surface area contributed by atoms with Gasteiger partial charge in [0.2, 0.25) is 11.8 Å². The number of rotatable bonds is 39. The van der Waals surface area contributed by atoms with Crippen LogP contribution in [0.2, 0.25) is 0 Å². The smallest absolute Gasteiger partial charge is 0.328 e. The van der Waals surface area contributed by atoms with Crippen molar-refractivity contribution in [2.24, 2.45) is 0 Å². The molecule has 2 amide bonds. The van der Waals surface area contributed by atoms with Gasteiger partial charge in [-0.05, 0) is 64.2 Å². The Bertz CT molecular complexity index is 895. The van der Waals surface area contributed by atoms with Crippen LogP contribution >= 0.6 is 0 Å². The summed E-state index contributed by atoms with van der Waals surface area (Å²) in [6.45, 7) is 3.46. The van der Waals surface area contributed by atoms with Gasteiger partial charge in [-0.2, -0.15) is 0 Å². The van der Waals surface area contributed by atoms with Crippen LogP contribution in [-0.2, 0) is 23.9 Å². The number of nitrogens with one attached hydrogen (secondary N) is 2.